The minimum atomic E-state index is -4.45. The van der Waals surface area contributed by atoms with Gasteiger partial charge in [-0.2, -0.15) is 18.3 Å². The molecule has 1 N–H and O–H groups in total. The topological polar surface area (TPSA) is 60.8 Å². The number of halogens is 3. The molecular weight excluding hydrogens is 359 g/mol. The quantitative estimate of drug-likeness (QED) is 0.493. The second-order valence-electron chi connectivity index (χ2n) is 7.49. The summed E-state index contributed by atoms with van der Waals surface area (Å²) in [4.78, 5) is 20.5. The number of aromatic nitrogens is 1. The average molecular weight is 383 g/mol. The Balaban J connectivity index is 1.91. The first-order valence-electron chi connectivity index (χ1n) is 8.99. The molecule has 1 amide bonds. The summed E-state index contributed by atoms with van der Waals surface area (Å²) in [6, 6.07) is 1.50. The van der Waals surface area contributed by atoms with Crippen LogP contribution in [0, 0.1) is 18.8 Å². The molecule has 2 aliphatic rings. The maximum absolute atomic E-state index is 13.2. The number of anilines is 1. The molecule has 3 rings (SSSR count). The van der Waals surface area contributed by atoms with Gasteiger partial charge < -0.3 is 9.80 Å². The van der Waals surface area contributed by atoms with Crippen LogP contribution in [0.5, 0.6) is 0 Å². The summed E-state index contributed by atoms with van der Waals surface area (Å²) < 4.78 is 39.6. The van der Waals surface area contributed by atoms with Crippen LogP contribution < -0.4 is 10.3 Å². The van der Waals surface area contributed by atoms with Crippen LogP contribution in [-0.4, -0.2) is 48.8 Å². The molecule has 1 aliphatic carbocycles. The molecule has 1 saturated carbocycles. The molecule has 0 aromatic carbocycles. The van der Waals surface area contributed by atoms with E-state index in [2.05, 4.69) is 15.5 Å². The van der Waals surface area contributed by atoms with Crippen molar-refractivity contribution in [1.82, 2.24) is 15.3 Å². The molecule has 1 aliphatic heterocycles. The Morgan fingerprint density at radius 3 is 2.78 bits per heavy atom. The highest BCUT2D eigenvalue weighted by Gasteiger charge is 2.48. The van der Waals surface area contributed by atoms with Gasteiger partial charge in [-0.1, -0.05) is 6.42 Å². The minimum Gasteiger partial charge on any atom is -0.367 e. The molecule has 3 unspecified atom stereocenters. The summed E-state index contributed by atoms with van der Waals surface area (Å²) >= 11 is 0. The number of hydrogen-bond donors (Lipinski definition) is 1. The molecular formula is C18H24F3N5O. The van der Waals surface area contributed by atoms with E-state index in [0.717, 1.165) is 31.4 Å². The van der Waals surface area contributed by atoms with Crippen LogP contribution in [0.1, 0.15) is 30.5 Å². The number of amides is 1. The Hall–Kier alpha value is -2.32. The molecule has 2 heterocycles. The fourth-order valence-corrected chi connectivity index (χ4v) is 4.11. The zero-order valence-electron chi connectivity index (χ0n) is 15.6. The number of fused-ring (bicyclic) bond motifs is 1. The van der Waals surface area contributed by atoms with Crippen molar-refractivity contribution in [3.05, 3.63) is 23.4 Å². The Bertz CT molecular complexity index is 734. The third-order valence-electron chi connectivity index (χ3n) is 5.18. The van der Waals surface area contributed by atoms with Crippen LogP contribution in [0.25, 0.3) is 0 Å². The van der Waals surface area contributed by atoms with Gasteiger partial charge in [0.1, 0.15) is 18.2 Å². The van der Waals surface area contributed by atoms with E-state index in [1.807, 2.05) is 0 Å². The van der Waals surface area contributed by atoms with E-state index in [1.54, 1.807) is 23.9 Å². The number of nitrogens with zero attached hydrogens (tertiary/aromatic N) is 4. The van der Waals surface area contributed by atoms with Gasteiger partial charge in [0.25, 0.3) is 5.91 Å². The number of alkyl halides is 3. The first-order valence-corrected chi connectivity index (χ1v) is 8.99. The number of hydrazone groups is 1. The fourth-order valence-electron chi connectivity index (χ4n) is 4.11. The summed E-state index contributed by atoms with van der Waals surface area (Å²) in [7, 11) is 3.56. The number of nitrogens with one attached hydrogen (secondary N) is 1. The molecule has 0 bridgehead atoms. The third kappa shape index (κ3) is 4.17. The lowest BCUT2D eigenvalue weighted by molar-refractivity contribution is -0.137. The lowest BCUT2D eigenvalue weighted by Gasteiger charge is -2.28. The summed E-state index contributed by atoms with van der Waals surface area (Å²) in [6.45, 7) is 2.07. The van der Waals surface area contributed by atoms with Crippen molar-refractivity contribution in [1.29, 1.82) is 0 Å². The summed E-state index contributed by atoms with van der Waals surface area (Å²) in [6.07, 6.45) is -0.0940. The van der Waals surface area contributed by atoms with Crippen molar-refractivity contribution in [2.45, 2.75) is 38.4 Å². The smallest absolute Gasteiger partial charge is 0.367 e. The molecule has 1 saturated heterocycles. The minimum absolute atomic E-state index is 0.108. The van der Waals surface area contributed by atoms with Gasteiger partial charge in [0.05, 0.1) is 5.56 Å². The second kappa shape index (κ2) is 7.36. The number of carbonyl (C=O) groups is 1. The van der Waals surface area contributed by atoms with Crippen molar-refractivity contribution in [3.8, 4) is 0 Å². The average Bonchev–Trinajstić information content (AvgIpc) is 3.13. The molecule has 1 aromatic rings. The van der Waals surface area contributed by atoms with Gasteiger partial charge in [-0.15, -0.1) is 0 Å². The molecule has 148 valence electrons. The number of aryl methyl sites for hydroxylation is 1. The number of rotatable bonds is 4. The first kappa shape index (κ1) is 19.4. The van der Waals surface area contributed by atoms with Gasteiger partial charge in [0.15, 0.2) is 0 Å². The van der Waals surface area contributed by atoms with Crippen LogP contribution in [0.2, 0.25) is 0 Å². The van der Waals surface area contributed by atoms with Gasteiger partial charge in [-0.05, 0) is 43.7 Å². The highest BCUT2D eigenvalue weighted by Crippen LogP contribution is 2.44. The van der Waals surface area contributed by atoms with Gasteiger partial charge >= 0.3 is 6.18 Å². The SMILES string of the molecule is Cc1cc(C(F)(F)F)cc(N2CC3CCCC3C2C(=O)NN=CN(C)C)n1. The van der Waals surface area contributed by atoms with E-state index >= 15 is 0 Å². The molecule has 0 radical (unpaired) electrons. The highest BCUT2D eigenvalue weighted by atomic mass is 19.4. The first-order chi connectivity index (χ1) is 12.7. The lowest BCUT2D eigenvalue weighted by Crippen LogP contribution is -2.45. The molecule has 1 aromatic heterocycles. The van der Waals surface area contributed by atoms with E-state index in [-0.39, 0.29) is 29.3 Å². The Kier molecular flexibility index (Phi) is 5.30. The largest absolute Gasteiger partial charge is 0.416 e. The van der Waals surface area contributed by atoms with Crippen molar-refractivity contribution < 1.29 is 18.0 Å². The van der Waals surface area contributed by atoms with Crippen molar-refractivity contribution in [2.24, 2.45) is 16.9 Å². The van der Waals surface area contributed by atoms with E-state index in [1.165, 1.54) is 13.3 Å². The molecule has 3 atom stereocenters. The zero-order chi connectivity index (χ0) is 19.8. The summed E-state index contributed by atoms with van der Waals surface area (Å²) in [5.41, 5.74) is 2.06. The predicted molar refractivity (Wildman–Crippen MR) is 96.3 cm³/mol. The fraction of sp³-hybridized carbons (Fsp3) is 0.611. The Morgan fingerprint density at radius 2 is 2.11 bits per heavy atom. The van der Waals surface area contributed by atoms with E-state index < -0.39 is 17.8 Å². The standard InChI is InChI=1S/C18H24F3N5O/c1-11-7-13(18(19,20)21)8-15(23-11)26-9-12-5-4-6-14(12)16(26)17(27)24-22-10-25(2)3/h7-8,10,12,14,16H,4-6,9H2,1-3H3,(H,24,27). The van der Waals surface area contributed by atoms with Crippen LogP contribution >= 0.6 is 0 Å². The lowest BCUT2D eigenvalue weighted by atomic mass is 9.93. The number of pyridine rings is 1. The zero-order valence-corrected chi connectivity index (χ0v) is 15.6. The van der Waals surface area contributed by atoms with Crippen LogP contribution in [-0.2, 0) is 11.0 Å². The normalized spacial score (nSPS) is 25.1. The van der Waals surface area contributed by atoms with Gasteiger partial charge in [-0.25, -0.2) is 10.4 Å². The molecule has 0 spiro atoms. The number of hydrogen-bond acceptors (Lipinski definition) is 4. The maximum atomic E-state index is 13.2. The monoisotopic (exact) mass is 383 g/mol. The van der Waals surface area contributed by atoms with Crippen LogP contribution in [0.3, 0.4) is 0 Å². The van der Waals surface area contributed by atoms with Crippen molar-refractivity contribution in [3.63, 3.8) is 0 Å². The van der Waals surface area contributed by atoms with Crippen LogP contribution in [0.4, 0.5) is 19.0 Å². The number of carbonyl (C=O) groups excluding carboxylic acids is 1. The Labute approximate surface area is 156 Å². The van der Waals surface area contributed by atoms with Crippen molar-refractivity contribution >= 4 is 18.1 Å². The predicted octanol–water partition coefficient (Wildman–Crippen LogP) is 2.63. The Morgan fingerprint density at radius 1 is 1.37 bits per heavy atom. The third-order valence-corrected chi connectivity index (χ3v) is 5.18. The van der Waals surface area contributed by atoms with Crippen molar-refractivity contribution in [2.75, 3.05) is 25.5 Å². The molecule has 6 nitrogen and oxygen atoms in total. The van der Waals surface area contributed by atoms with Crippen LogP contribution in [0.15, 0.2) is 17.2 Å². The molecule has 27 heavy (non-hydrogen) atoms. The summed E-state index contributed by atoms with van der Waals surface area (Å²) in [5, 5.41) is 3.91. The van der Waals surface area contributed by atoms with Gasteiger partial charge in [0.2, 0.25) is 0 Å². The van der Waals surface area contributed by atoms with E-state index in [9.17, 15) is 18.0 Å². The van der Waals surface area contributed by atoms with Gasteiger partial charge in [-0.3, -0.25) is 4.79 Å². The molecule has 9 heteroatoms. The van der Waals surface area contributed by atoms with E-state index in [4.69, 9.17) is 0 Å². The second-order valence-corrected chi connectivity index (χ2v) is 7.49. The highest BCUT2D eigenvalue weighted by molar-refractivity contribution is 5.86. The maximum Gasteiger partial charge on any atom is 0.416 e. The van der Waals surface area contributed by atoms with E-state index in [0.29, 0.717) is 6.54 Å². The van der Waals surface area contributed by atoms with Gasteiger partial charge in [0, 0.05) is 26.3 Å². The summed E-state index contributed by atoms with van der Waals surface area (Å²) in [5.74, 6) is 0.291. The molecule has 2 fully saturated rings.